The molecule has 1 aromatic carbocycles. The Kier molecular flexibility index (Phi) is 1.83. The lowest BCUT2D eigenvalue weighted by Crippen LogP contribution is -2.00. The van der Waals surface area contributed by atoms with Crippen LogP contribution in [0.5, 0.6) is 0 Å². The van der Waals surface area contributed by atoms with Crippen molar-refractivity contribution in [3.8, 4) is 5.69 Å². The zero-order chi connectivity index (χ0) is 11.0. The number of aromatic nitrogens is 4. The lowest BCUT2D eigenvalue weighted by molar-refractivity contribution is 0.759. The number of hydrogen-bond donors (Lipinski definition) is 1. The fourth-order valence-corrected chi connectivity index (χ4v) is 1.65. The van der Waals surface area contributed by atoms with Gasteiger partial charge in [0.1, 0.15) is 0 Å². The maximum atomic E-state index is 5.55. The average molecular weight is 211 g/mol. The van der Waals surface area contributed by atoms with Crippen molar-refractivity contribution >= 4 is 16.7 Å². The number of hydrogen-bond acceptors (Lipinski definition) is 4. The molecule has 5 heteroatoms. The molecule has 2 aromatic heterocycles. The normalized spacial score (nSPS) is 10.8. The standard InChI is InChI=1S/C11H9N5/c12-11-7-14-16(15-11)10-5-1-4-9-8(10)3-2-6-13-9/h1-7H,(H2,12,15). The van der Waals surface area contributed by atoms with Gasteiger partial charge in [0.05, 0.1) is 17.4 Å². The minimum absolute atomic E-state index is 0.404. The van der Waals surface area contributed by atoms with Crippen LogP contribution in [0.25, 0.3) is 16.6 Å². The summed E-state index contributed by atoms with van der Waals surface area (Å²) < 4.78 is 0. The predicted molar refractivity (Wildman–Crippen MR) is 61.1 cm³/mol. The van der Waals surface area contributed by atoms with Crippen LogP contribution in [0.4, 0.5) is 5.82 Å². The highest BCUT2D eigenvalue weighted by Gasteiger charge is 2.05. The third-order valence-electron chi connectivity index (χ3n) is 2.35. The highest BCUT2D eigenvalue weighted by atomic mass is 15.5. The Hall–Kier alpha value is -2.43. The molecular weight excluding hydrogens is 202 g/mol. The SMILES string of the molecule is Nc1cnn(-c2cccc3ncccc23)n1. The quantitative estimate of drug-likeness (QED) is 0.660. The maximum absolute atomic E-state index is 5.55. The number of rotatable bonds is 1. The molecule has 0 atom stereocenters. The van der Waals surface area contributed by atoms with Crippen LogP contribution in [0.2, 0.25) is 0 Å². The van der Waals surface area contributed by atoms with Crippen LogP contribution in [-0.2, 0) is 0 Å². The first kappa shape index (κ1) is 8.84. The zero-order valence-electron chi connectivity index (χ0n) is 8.41. The van der Waals surface area contributed by atoms with Gasteiger partial charge in [-0.25, -0.2) is 0 Å². The number of nitrogens with two attached hydrogens (primary N) is 1. The maximum Gasteiger partial charge on any atom is 0.166 e. The molecule has 0 saturated heterocycles. The van der Waals surface area contributed by atoms with Crippen molar-refractivity contribution in [3.63, 3.8) is 0 Å². The summed E-state index contributed by atoms with van der Waals surface area (Å²) in [7, 11) is 0. The summed E-state index contributed by atoms with van der Waals surface area (Å²) in [6.07, 6.45) is 3.28. The van der Waals surface area contributed by atoms with Gasteiger partial charge in [-0.3, -0.25) is 4.98 Å². The highest BCUT2D eigenvalue weighted by molar-refractivity contribution is 5.86. The van der Waals surface area contributed by atoms with E-state index in [1.807, 2.05) is 30.3 Å². The van der Waals surface area contributed by atoms with Crippen molar-refractivity contribution in [2.24, 2.45) is 0 Å². The largest absolute Gasteiger partial charge is 0.381 e. The molecule has 0 saturated carbocycles. The van der Waals surface area contributed by atoms with Crippen molar-refractivity contribution in [1.29, 1.82) is 0 Å². The Morgan fingerprint density at radius 3 is 2.88 bits per heavy atom. The van der Waals surface area contributed by atoms with Gasteiger partial charge in [0.25, 0.3) is 0 Å². The molecule has 2 N–H and O–H groups in total. The van der Waals surface area contributed by atoms with E-state index in [1.165, 1.54) is 11.0 Å². The second-order valence-corrected chi connectivity index (χ2v) is 3.41. The van der Waals surface area contributed by atoms with Gasteiger partial charge in [-0.1, -0.05) is 6.07 Å². The molecule has 3 rings (SSSR count). The lowest BCUT2D eigenvalue weighted by Gasteiger charge is -2.03. The topological polar surface area (TPSA) is 69.6 Å². The van der Waals surface area contributed by atoms with E-state index in [4.69, 9.17) is 5.73 Å². The van der Waals surface area contributed by atoms with E-state index in [0.717, 1.165) is 16.6 Å². The summed E-state index contributed by atoms with van der Waals surface area (Å²) in [6, 6.07) is 9.68. The molecule has 0 amide bonds. The molecule has 0 aliphatic rings. The highest BCUT2D eigenvalue weighted by Crippen LogP contribution is 2.19. The third kappa shape index (κ3) is 1.30. The van der Waals surface area contributed by atoms with Crippen molar-refractivity contribution in [2.75, 3.05) is 5.73 Å². The van der Waals surface area contributed by atoms with Crippen LogP contribution in [0.1, 0.15) is 0 Å². The van der Waals surface area contributed by atoms with Crippen molar-refractivity contribution in [2.45, 2.75) is 0 Å². The summed E-state index contributed by atoms with van der Waals surface area (Å²) in [4.78, 5) is 5.79. The van der Waals surface area contributed by atoms with Crippen molar-refractivity contribution < 1.29 is 0 Å². The van der Waals surface area contributed by atoms with Crippen molar-refractivity contribution in [3.05, 3.63) is 42.7 Å². The van der Waals surface area contributed by atoms with Crippen LogP contribution in [0.3, 0.4) is 0 Å². The number of pyridine rings is 1. The lowest BCUT2D eigenvalue weighted by atomic mass is 10.2. The molecule has 0 bridgehead atoms. The summed E-state index contributed by atoms with van der Waals surface area (Å²) in [5.74, 6) is 0.404. The van der Waals surface area contributed by atoms with Gasteiger partial charge in [0.15, 0.2) is 5.82 Å². The summed E-state index contributed by atoms with van der Waals surface area (Å²) in [6.45, 7) is 0. The molecule has 2 heterocycles. The van der Waals surface area contributed by atoms with Gasteiger partial charge in [-0.2, -0.15) is 5.10 Å². The van der Waals surface area contributed by atoms with Gasteiger partial charge in [-0.05, 0) is 24.3 Å². The molecule has 0 aliphatic heterocycles. The van der Waals surface area contributed by atoms with E-state index >= 15 is 0 Å². The van der Waals surface area contributed by atoms with E-state index in [1.54, 1.807) is 6.20 Å². The van der Waals surface area contributed by atoms with Gasteiger partial charge in [0, 0.05) is 11.6 Å². The first-order valence-corrected chi connectivity index (χ1v) is 4.86. The molecule has 0 aliphatic carbocycles. The number of benzene rings is 1. The van der Waals surface area contributed by atoms with Crippen LogP contribution in [-0.4, -0.2) is 20.0 Å². The van der Waals surface area contributed by atoms with E-state index < -0.39 is 0 Å². The van der Waals surface area contributed by atoms with Gasteiger partial charge in [-0.15, -0.1) is 9.90 Å². The van der Waals surface area contributed by atoms with Crippen LogP contribution >= 0.6 is 0 Å². The molecule has 3 aromatic rings. The van der Waals surface area contributed by atoms with E-state index in [2.05, 4.69) is 15.2 Å². The molecule has 0 fully saturated rings. The van der Waals surface area contributed by atoms with Crippen LogP contribution < -0.4 is 5.73 Å². The summed E-state index contributed by atoms with van der Waals surface area (Å²) in [5, 5.41) is 9.18. The van der Waals surface area contributed by atoms with Gasteiger partial charge >= 0.3 is 0 Å². The Balaban J connectivity index is 2.31. The fraction of sp³-hybridized carbons (Fsp3) is 0. The smallest absolute Gasteiger partial charge is 0.166 e. The van der Waals surface area contributed by atoms with Gasteiger partial charge < -0.3 is 5.73 Å². The molecule has 5 nitrogen and oxygen atoms in total. The molecular formula is C11H9N5. The first-order chi connectivity index (χ1) is 7.84. The average Bonchev–Trinajstić information content (AvgIpc) is 2.75. The molecule has 0 unspecified atom stereocenters. The molecule has 0 spiro atoms. The summed E-state index contributed by atoms with van der Waals surface area (Å²) in [5.41, 5.74) is 7.34. The fourth-order valence-electron chi connectivity index (χ4n) is 1.65. The molecule has 78 valence electrons. The monoisotopic (exact) mass is 211 g/mol. The Morgan fingerprint density at radius 1 is 1.12 bits per heavy atom. The van der Waals surface area contributed by atoms with Crippen molar-refractivity contribution in [1.82, 2.24) is 20.0 Å². The Bertz CT molecular complexity index is 638. The van der Waals surface area contributed by atoms with E-state index in [0.29, 0.717) is 5.82 Å². The Morgan fingerprint density at radius 2 is 2.06 bits per heavy atom. The minimum Gasteiger partial charge on any atom is -0.381 e. The van der Waals surface area contributed by atoms with Gasteiger partial charge in [0.2, 0.25) is 0 Å². The second kappa shape index (κ2) is 3.30. The number of fused-ring (bicyclic) bond motifs is 1. The number of nitrogen functional groups attached to an aromatic ring is 1. The minimum atomic E-state index is 0.404. The second-order valence-electron chi connectivity index (χ2n) is 3.41. The zero-order valence-corrected chi connectivity index (χ0v) is 8.41. The molecule has 16 heavy (non-hydrogen) atoms. The van der Waals surface area contributed by atoms with E-state index in [-0.39, 0.29) is 0 Å². The Labute approximate surface area is 91.5 Å². The summed E-state index contributed by atoms with van der Waals surface area (Å²) >= 11 is 0. The third-order valence-corrected chi connectivity index (χ3v) is 2.35. The first-order valence-electron chi connectivity index (χ1n) is 4.86. The number of nitrogens with zero attached hydrogens (tertiary/aromatic N) is 4. The van der Waals surface area contributed by atoms with E-state index in [9.17, 15) is 0 Å². The van der Waals surface area contributed by atoms with Crippen LogP contribution in [0.15, 0.2) is 42.7 Å². The number of anilines is 1. The predicted octanol–water partition coefficient (Wildman–Crippen LogP) is 1.40. The van der Waals surface area contributed by atoms with Crippen LogP contribution in [0, 0.1) is 0 Å². The molecule has 0 radical (unpaired) electrons.